The van der Waals surface area contributed by atoms with Crippen LogP contribution < -0.4 is 15.2 Å². The van der Waals surface area contributed by atoms with Crippen LogP contribution in [-0.4, -0.2) is 13.7 Å². The molecule has 3 nitrogen and oxygen atoms in total. The molecule has 0 atom stereocenters. The Kier molecular flexibility index (Phi) is 3.13. The van der Waals surface area contributed by atoms with Gasteiger partial charge in [0, 0.05) is 5.56 Å². The lowest BCUT2D eigenvalue weighted by molar-refractivity contribution is 0.281. The normalized spacial score (nSPS) is 12.3. The standard InChI is InChI=1S/C16H17NO2/c1-18-14-7-6-11(8-9-17)15-13-5-3-2-4-12(13)10-19-16(14)15/h2-7H,8-10,17H2,1H3. The van der Waals surface area contributed by atoms with Crippen LogP contribution in [0.2, 0.25) is 0 Å². The Bertz CT molecular complexity index is 608. The van der Waals surface area contributed by atoms with Crippen LogP contribution in [0, 0.1) is 0 Å². The fourth-order valence-electron chi connectivity index (χ4n) is 2.61. The summed E-state index contributed by atoms with van der Waals surface area (Å²) in [5.41, 5.74) is 10.5. The molecular weight excluding hydrogens is 238 g/mol. The minimum Gasteiger partial charge on any atom is -0.493 e. The van der Waals surface area contributed by atoms with E-state index < -0.39 is 0 Å². The lowest BCUT2D eigenvalue weighted by Gasteiger charge is -2.25. The molecule has 1 heterocycles. The molecule has 1 aliphatic rings. The fraction of sp³-hybridized carbons (Fsp3) is 0.250. The van der Waals surface area contributed by atoms with Gasteiger partial charge in [-0.2, -0.15) is 0 Å². The van der Waals surface area contributed by atoms with Crippen LogP contribution >= 0.6 is 0 Å². The predicted octanol–water partition coefficient (Wildman–Crippen LogP) is 2.76. The molecule has 0 bridgehead atoms. The quantitative estimate of drug-likeness (QED) is 0.917. The minimum atomic E-state index is 0.589. The molecule has 3 heteroatoms. The maximum atomic E-state index is 5.89. The Labute approximate surface area is 113 Å². The Morgan fingerprint density at radius 1 is 1.21 bits per heavy atom. The van der Waals surface area contributed by atoms with E-state index in [4.69, 9.17) is 15.2 Å². The van der Waals surface area contributed by atoms with Gasteiger partial charge < -0.3 is 15.2 Å². The van der Waals surface area contributed by atoms with E-state index in [1.165, 1.54) is 16.7 Å². The molecule has 0 saturated carbocycles. The van der Waals surface area contributed by atoms with Gasteiger partial charge in [-0.25, -0.2) is 0 Å². The lowest BCUT2D eigenvalue weighted by atomic mass is 9.91. The second kappa shape index (κ2) is 4.94. The van der Waals surface area contributed by atoms with E-state index >= 15 is 0 Å². The molecule has 0 amide bonds. The van der Waals surface area contributed by atoms with Gasteiger partial charge in [-0.1, -0.05) is 30.3 Å². The van der Waals surface area contributed by atoms with Gasteiger partial charge in [-0.05, 0) is 35.7 Å². The Morgan fingerprint density at radius 2 is 2.05 bits per heavy atom. The van der Waals surface area contributed by atoms with E-state index in [0.29, 0.717) is 13.2 Å². The number of benzene rings is 2. The number of methoxy groups -OCH3 is 1. The topological polar surface area (TPSA) is 44.5 Å². The first-order chi connectivity index (χ1) is 9.35. The Hall–Kier alpha value is -2.00. The first-order valence-electron chi connectivity index (χ1n) is 6.46. The van der Waals surface area contributed by atoms with Gasteiger partial charge in [0.1, 0.15) is 6.61 Å². The molecule has 2 aromatic carbocycles. The third-order valence-corrected chi connectivity index (χ3v) is 3.50. The van der Waals surface area contributed by atoms with Crippen LogP contribution in [0.15, 0.2) is 36.4 Å². The first-order valence-corrected chi connectivity index (χ1v) is 6.46. The van der Waals surface area contributed by atoms with Crippen molar-refractivity contribution in [2.45, 2.75) is 13.0 Å². The smallest absolute Gasteiger partial charge is 0.169 e. The third kappa shape index (κ3) is 1.96. The largest absolute Gasteiger partial charge is 0.493 e. The summed E-state index contributed by atoms with van der Waals surface area (Å²) < 4.78 is 11.3. The van der Waals surface area contributed by atoms with E-state index in [2.05, 4.69) is 24.3 Å². The Morgan fingerprint density at radius 3 is 2.84 bits per heavy atom. The maximum Gasteiger partial charge on any atom is 0.169 e. The lowest BCUT2D eigenvalue weighted by Crippen LogP contribution is -2.11. The van der Waals surface area contributed by atoms with Crippen molar-refractivity contribution >= 4 is 0 Å². The average molecular weight is 255 g/mol. The van der Waals surface area contributed by atoms with Crippen molar-refractivity contribution in [1.82, 2.24) is 0 Å². The molecule has 98 valence electrons. The van der Waals surface area contributed by atoms with E-state index in [9.17, 15) is 0 Å². The summed E-state index contributed by atoms with van der Waals surface area (Å²) in [4.78, 5) is 0. The zero-order valence-electron chi connectivity index (χ0n) is 11.0. The number of hydrogen-bond donors (Lipinski definition) is 1. The van der Waals surface area contributed by atoms with Gasteiger partial charge in [0.2, 0.25) is 0 Å². The van der Waals surface area contributed by atoms with Gasteiger partial charge >= 0.3 is 0 Å². The van der Waals surface area contributed by atoms with Gasteiger partial charge in [-0.15, -0.1) is 0 Å². The number of nitrogens with two attached hydrogens (primary N) is 1. The summed E-state index contributed by atoms with van der Waals surface area (Å²) in [6.45, 7) is 1.21. The minimum absolute atomic E-state index is 0.589. The van der Waals surface area contributed by atoms with E-state index in [1.54, 1.807) is 7.11 Å². The molecule has 0 spiro atoms. The van der Waals surface area contributed by atoms with Crippen LogP contribution in [0.4, 0.5) is 0 Å². The number of rotatable bonds is 3. The van der Waals surface area contributed by atoms with Crippen LogP contribution in [-0.2, 0) is 13.0 Å². The molecule has 0 saturated heterocycles. The molecule has 2 N–H and O–H groups in total. The summed E-state index contributed by atoms with van der Waals surface area (Å²) in [6.07, 6.45) is 0.837. The van der Waals surface area contributed by atoms with Gasteiger partial charge in [0.05, 0.1) is 7.11 Å². The molecule has 0 aromatic heterocycles. The van der Waals surface area contributed by atoms with Gasteiger partial charge in [0.25, 0.3) is 0 Å². The summed E-state index contributed by atoms with van der Waals surface area (Å²) in [7, 11) is 1.67. The molecule has 0 radical (unpaired) electrons. The monoisotopic (exact) mass is 255 g/mol. The molecule has 0 fully saturated rings. The highest BCUT2D eigenvalue weighted by molar-refractivity contribution is 5.80. The van der Waals surface area contributed by atoms with Crippen molar-refractivity contribution < 1.29 is 9.47 Å². The number of ether oxygens (including phenoxy) is 2. The SMILES string of the molecule is COc1ccc(CCN)c2c1OCc1ccccc1-2. The maximum absolute atomic E-state index is 5.89. The van der Waals surface area contributed by atoms with E-state index in [0.717, 1.165) is 23.5 Å². The van der Waals surface area contributed by atoms with Crippen LogP contribution in [0.25, 0.3) is 11.1 Å². The van der Waals surface area contributed by atoms with Crippen LogP contribution in [0.5, 0.6) is 11.5 Å². The molecular formula is C16H17NO2. The number of fused-ring (bicyclic) bond motifs is 3. The second-order valence-corrected chi connectivity index (χ2v) is 4.62. The summed E-state index contributed by atoms with van der Waals surface area (Å²) in [5.74, 6) is 1.62. The summed E-state index contributed by atoms with van der Waals surface area (Å²) >= 11 is 0. The molecule has 2 aromatic rings. The number of hydrogen-bond acceptors (Lipinski definition) is 3. The highest BCUT2D eigenvalue weighted by Gasteiger charge is 2.23. The van der Waals surface area contributed by atoms with E-state index in [1.807, 2.05) is 12.1 Å². The zero-order valence-corrected chi connectivity index (χ0v) is 11.0. The van der Waals surface area contributed by atoms with Crippen LogP contribution in [0.3, 0.4) is 0 Å². The summed E-state index contributed by atoms with van der Waals surface area (Å²) in [5, 5.41) is 0. The zero-order chi connectivity index (χ0) is 13.2. The highest BCUT2D eigenvalue weighted by atomic mass is 16.5. The predicted molar refractivity (Wildman–Crippen MR) is 75.5 cm³/mol. The second-order valence-electron chi connectivity index (χ2n) is 4.62. The highest BCUT2D eigenvalue weighted by Crippen LogP contribution is 2.45. The van der Waals surface area contributed by atoms with Crippen molar-refractivity contribution in [2.75, 3.05) is 13.7 Å². The van der Waals surface area contributed by atoms with Crippen molar-refractivity contribution in [3.8, 4) is 22.6 Å². The summed E-state index contributed by atoms with van der Waals surface area (Å²) in [6, 6.07) is 12.4. The van der Waals surface area contributed by atoms with Gasteiger partial charge in [-0.3, -0.25) is 0 Å². The van der Waals surface area contributed by atoms with Crippen molar-refractivity contribution in [1.29, 1.82) is 0 Å². The average Bonchev–Trinajstić information content (AvgIpc) is 2.47. The molecule has 1 aliphatic heterocycles. The Balaban J connectivity index is 2.25. The molecule has 0 unspecified atom stereocenters. The molecule has 0 aliphatic carbocycles. The molecule has 3 rings (SSSR count). The van der Waals surface area contributed by atoms with Crippen molar-refractivity contribution in [3.63, 3.8) is 0 Å². The fourth-order valence-corrected chi connectivity index (χ4v) is 2.61. The van der Waals surface area contributed by atoms with Crippen molar-refractivity contribution in [3.05, 3.63) is 47.5 Å². The van der Waals surface area contributed by atoms with Crippen molar-refractivity contribution in [2.24, 2.45) is 5.73 Å². The van der Waals surface area contributed by atoms with Gasteiger partial charge in [0.15, 0.2) is 11.5 Å². The molecule has 19 heavy (non-hydrogen) atoms. The third-order valence-electron chi connectivity index (χ3n) is 3.50. The first kappa shape index (κ1) is 12.1. The van der Waals surface area contributed by atoms with Crippen LogP contribution in [0.1, 0.15) is 11.1 Å². The van der Waals surface area contributed by atoms with E-state index in [-0.39, 0.29) is 0 Å².